The van der Waals surface area contributed by atoms with Crippen LogP contribution in [0, 0.1) is 0 Å². The molecule has 1 aromatic rings. The van der Waals surface area contributed by atoms with E-state index in [1.165, 1.54) is 18.3 Å². The maximum Gasteiger partial charge on any atom is 0.335 e. The first-order valence-electron chi connectivity index (χ1n) is 6.76. The Hall–Kier alpha value is -2.15. The number of ether oxygens (including phenoxy) is 1. The molecule has 1 aromatic heterocycles. The molecule has 0 bridgehead atoms. The van der Waals surface area contributed by atoms with E-state index in [0.29, 0.717) is 12.3 Å². The summed E-state index contributed by atoms with van der Waals surface area (Å²) in [6, 6.07) is 2.52. The van der Waals surface area contributed by atoms with Gasteiger partial charge in [0, 0.05) is 12.8 Å². The molecule has 2 unspecified atom stereocenters. The molecule has 2 rings (SSSR count). The molecule has 114 valence electrons. The highest BCUT2D eigenvalue weighted by Gasteiger charge is 2.38. The van der Waals surface area contributed by atoms with E-state index in [1.807, 2.05) is 13.8 Å². The van der Waals surface area contributed by atoms with Crippen LogP contribution in [0.4, 0.5) is 4.79 Å². The quantitative estimate of drug-likeness (QED) is 0.773. The van der Waals surface area contributed by atoms with E-state index in [1.54, 1.807) is 0 Å². The summed E-state index contributed by atoms with van der Waals surface area (Å²) < 4.78 is 5.45. The number of nitrogens with zero attached hydrogens (tertiary/aromatic N) is 1. The molecule has 1 aliphatic rings. The summed E-state index contributed by atoms with van der Waals surface area (Å²) in [7, 11) is 0. The molecule has 0 spiro atoms. The number of rotatable bonds is 4. The fraction of sp³-hybridized carbons (Fsp3) is 0.500. The third-order valence-electron chi connectivity index (χ3n) is 3.78. The van der Waals surface area contributed by atoms with Crippen LogP contribution in [0.3, 0.4) is 0 Å². The summed E-state index contributed by atoms with van der Waals surface area (Å²) in [4.78, 5) is 26.8. The Morgan fingerprint density at radius 2 is 2.33 bits per heavy atom. The van der Waals surface area contributed by atoms with Gasteiger partial charge in [-0.1, -0.05) is 0 Å². The Bertz CT molecular complexity index is 549. The van der Waals surface area contributed by atoms with E-state index in [0.717, 1.165) is 6.42 Å². The van der Waals surface area contributed by atoms with Crippen LogP contribution in [-0.4, -0.2) is 40.3 Å². The molecular weight excluding hydrogens is 274 g/mol. The Balaban J connectivity index is 1.89. The predicted octanol–water partition coefficient (Wildman–Crippen LogP) is 1.15. The van der Waals surface area contributed by atoms with Crippen LogP contribution in [0.2, 0.25) is 0 Å². The summed E-state index contributed by atoms with van der Waals surface area (Å²) in [5.74, 6) is -1.02. The number of carboxylic acid groups (broad SMARTS) is 1. The number of pyridine rings is 1. The standard InChI is InChI=1S/C14H19N3O4/c1-9-14(2,4-6-21-9)17-13(20)16-8-11-7-10(12(18)19)3-5-15-11/h3,5,7,9H,4,6,8H2,1-2H3,(H,18,19)(H2,16,17,20). The minimum atomic E-state index is -1.02. The zero-order chi connectivity index (χ0) is 15.5. The summed E-state index contributed by atoms with van der Waals surface area (Å²) in [6.45, 7) is 4.65. The van der Waals surface area contributed by atoms with Crippen LogP contribution in [0.15, 0.2) is 18.3 Å². The van der Waals surface area contributed by atoms with Crippen LogP contribution in [0.1, 0.15) is 36.3 Å². The van der Waals surface area contributed by atoms with Gasteiger partial charge >= 0.3 is 12.0 Å². The summed E-state index contributed by atoms with van der Waals surface area (Å²) in [5.41, 5.74) is 0.248. The highest BCUT2D eigenvalue weighted by atomic mass is 16.5. The van der Waals surface area contributed by atoms with Crippen molar-refractivity contribution in [3.63, 3.8) is 0 Å². The van der Waals surface area contributed by atoms with E-state index in [9.17, 15) is 9.59 Å². The number of carbonyl (C=O) groups excluding carboxylic acids is 1. The Kier molecular flexibility index (Phi) is 4.42. The molecule has 0 saturated carbocycles. The predicted molar refractivity (Wildman–Crippen MR) is 75.0 cm³/mol. The SMILES string of the molecule is CC1OCCC1(C)NC(=O)NCc1cc(C(=O)O)ccn1. The average molecular weight is 293 g/mol. The number of aromatic carboxylic acids is 1. The van der Waals surface area contributed by atoms with Crippen molar-refractivity contribution in [1.82, 2.24) is 15.6 Å². The van der Waals surface area contributed by atoms with Crippen LogP contribution in [0.5, 0.6) is 0 Å². The normalized spacial score (nSPS) is 24.6. The van der Waals surface area contributed by atoms with Crippen molar-refractivity contribution >= 4 is 12.0 Å². The van der Waals surface area contributed by atoms with Crippen molar-refractivity contribution in [2.45, 2.75) is 38.5 Å². The number of carboxylic acids is 1. The fourth-order valence-corrected chi connectivity index (χ4v) is 2.18. The number of hydrogen-bond acceptors (Lipinski definition) is 4. The van der Waals surface area contributed by atoms with Gasteiger partial charge in [-0.15, -0.1) is 0 Å². The van der Waals surface area contributed by atoms with Crippen molar-refractivity contribution in [2.24, 2.45) is 0 Å². The first-order valence-corrected chi connectivity index (χ1v) is 6.76. The van der Waals surface area contributed by atoms with Gasteiger partial charge in [-0.3, -0.25) is 4.98 Å². The highest BCUT2D eigenvalue weighted by molar-refractivity contribution is 5.87. The van der Waals surface area contributed by atoms with Crippen LogP contribution < -0.4 is 10.6 Å². The molecule has 0 aliphatic carbocycles. The maximum atomic E-state index is 11.9. The van der Waals surface area contributed by atoms with Gasteiger partial charge in [0.2, 0.25) is 0 Å². The second-order valence-electron chi connectivity index (χ2n) is 5.33. The highest BCUT2D eigenvalue weighted by Crippen LogP contribution is 2.24. The molecular formula is C14H19N3O4. The van der Waals surface area contributed by atoms with Crippen LogP contribution >= 0.6 is 0 Å². The Labute approximate surface area is 122 Å². The smallest absolute Gasteiger partial charge is 0.335 e. The van der Waals surface area contributed by atoms with Gasteiger partial charge in [0.25, 0.3) is 0 Å². The van der Waals surface area contributed by atoms with Gasteiger partial charge in [0.1, 0.15) is 0 Å². The zero-order valence-electron chi connectivity index (χ0n) is 12.0. The Morgan fingerprint density at radius 3 is 2.95 bits per heavy atom. The average Bonchev–Trinajstić information content (AvgIpc) is 2.76. The fourth-order valence-electron chi connectivity index (χ4n) is 2.18. The molecule has 1 fully saturated rings. The molecule has 0 aromatic carbocycles. The minimum Gasteiger partial charge on any atom is -0.478 e. The van der Waals surface area contributed by atoms with Gasteiger partial charge in [-0.25, -0.2) is 9.59 Å². The number of nitrogens with one attached hydrogen (secondary N) is 2. The van der Waals surface area contributed by atoms with Gasteiger partial charge in [0.05, 0.1) is 29.4 Å². The van der Waals surface area contributed by atoms with Crippen LogP contribution in [0.25, 0.3) is 0 Å². The molecule has 0 radical (unpaired) electrons. The van der Waals surface area contributed by atoms with Crippen molar-refractivity contribution < 1.29 is 19.4 Å². The number of hydrogen-bond donors (Lipinski definition) is 3. The minimum absolute atomic E-state index is 0.0447. The lowest BCUT2D eigenvalue weighted by Crippen LogP contribution is -2.53. The second kappa shape index (κ2) is 6.09. The van der Waals surface area contributed by atoms with Crippen molar-refractivity contribution in [3.05, 3.63) is 29.6 Å². The third-order valence-corrected chi connectivity index (χ3v) is 3.78. The molecule has 3 N–H and O–H groups in total. The molecule has 1 aliphatic heterocycles. The molecule has 7 heteroatoms. The van der Waals surface area contributed by atoms with E-state index >= 15 is 0 Å². The lowest BCUT2D eigenvalue weighted by molar-refractivity contribution is 0.0696. The molecule has 2 amide bonds. The number of urea groups is 1. The van der Waals surface area contributed by atoms with E-state index in [4.69, 9.17) is 9.84 Å². The molecule has 2 atom stereocenters. The topological polar surface area (TPSA) is 101 Å². The van der Waals surface area contributed by atoms with E-state index < -0.39 is 5.97 Å². The van der Waals surface area contributed by atoms with Gasteiger partial charge < -0.3 is 20.5 Å². The monoisotopic (exact) mass is 293 g/mol. The number of carbonyl (C=O) groups is 2. The molecule has 1 saturated heterocycles. The lowest BCUT2D eigenvalue weighted by Gasteiger charge is -2.28. The first-order chi connectivity index (χ1) is 9.90. The van der Waals surface area contributed by atoms with Gasteiger partial charge in [0.15, 0.2) is 0 Å². The third kappa shape index (κ3) is 3.69. The zero-order valence-corrected chi connectivity index (χ0v) is 12.0. The van der Waals surface area contributed by atoms with E-state index in [2.05, 4.69) is 15.6 Å². The molecule has 7 nitrogen and oxygen atoms in total. The van der Waals surface area contributed by atoms with Gasteiger partial charge in [-0.05, 0) is 32.4 Å². The lowest BCUT2D eigenvalue weighted by atomic mass is 9.95. The van der Waals surface area contributed by atoms with Crippen molar-refractivity contribution in [1.29, 1.82) is 0 Å². The maximum absolute atomic E-state index is 11.9. The molecule has 21 heavy (non-hydrogen) atoms. The largest absolute Gasteiger partial charge is 0.478 e. The second-order valence-corrected chi connectivity index (χ2v) is 5.33. The first kappa shape index (κ1) is 15.2. The Morgan fingerprint density at radius 1 is 1.57 bits per heavy atom. The summed E-state index contributed by atoms with van der Waals surface area (Å²) in [6.07, 6.45) is 2.12. The van der Waals surface area contributed by atoms with Gasteiger partial charge in [-0.2, -0.15) is 0 Å². The van der Waals surface area contributed by atoms with E-state index in [-0.39, 0.29) is 29.8 Å². The number of aromatic nitrogens is 1. The van der Waals surface area contributed by atoms with Crippen molar-refractivity contribution in [2.75, 3.05) is 6.61 Å². The number of amides is 2. The molecule has 2 heterocycles. The summed E-state index contributed by atoms with van der Waals surface area (Å²) >= 11 is 0. The van der Waals surface area contributed by atoms with Crippen LogP contribution in [-0.2, 0) is 11.3 Å². The van der Waals surface area contributed by atoms with Crippen molar-refractivity contribution in [3.8, 4) is 0 Å². The summed E-state index contributed by atoms with van der Waals surface area (Å²) in [5, 5.41) is 14.5.